The van der Waals surface area contributed by atoms with Gasteiger partial charge in [-0.05, 0) is 44.0 Å². The molecule has 0 saturated heterocycles. The van der Waals surface area contributed by atoms with E-state index in [-0.39, 0.29) is 5.75 Å². The predicted molar refractivity (Wildman–Crippen MR) is 76.8 cm³/mol. The molecule has 0 heterocycles. The third kappa shape index (κ3) is 4.67. The Labute approximate surface area is 135 Å². The van der Waals surface area contributed by atoms with Crippen LogP contribution in [0.5, 0.6) is 11.5 Å². The molecule has 1 unspecified atom stereocenters. The SMILES string of the molecule is COc1cc(Br)c(OCC(/C(N)=N/O)C(F)(F)F)cc1Br. The number of hydrogen-bond donors (Lipinski definition) is 2. The fraction of sp³-hybridized carbons (Fsp3) is 0.364. The maximum atomic E-state index is 12.8. The van der Waals surface area contributed by atoms with Crippen molar-refractivity contribution in [2.45, 2.75) is 6.18 Å². The molecule has 0 aromatic heterocycles. The Morgan fingerprint density at radius 1 is 1.33 bits per heavy atom. The molecule has 0 saturated carbocycles. The first-order chi connectivity index (χ1) is 9.70. The van der Waals surface area contributed by atoms with Crippen molar-refractivity contribution in [3.05, 3.63) is 21.1 Å². The summed E-state index contributed by atoms with van der Waals surface area (Å²) in [6.07, 6.45) is -4.69. The summed E-state index contributed by atoms with van der Waals surface area (Å²) in [6, 6.07) is 2.98. The highest BCUT2D eigenvalue weighted by molar-refractivity contribution is 9.11. The number of halogens is 5. The molecular formula is C11H11Br2F3N2O3. The van der Waals surface area contributed by atoms with Crippen molar-refractivity contribution in [3.8, 4) is 11.5 Å². The topological polar surface area (TPSA) is 77.1 Å². The summed E-state index contributed by atoms with van der Waals surface area (Å²) in [4.78, 5) is 0. The first kappa shape index (κ1) is 17.9. The van der Waals surface area contributed by atoms with Crippen LogP contribution in [0.15, 0.2) is 26.2 Å². The Bertz CT molecular complexity index is 538. The van der Waals surface area contributed by atoms with Crippen LogP contribution in [0.2, 0.25) is 0 Å². The van der Waals surface area contributed by atoms with Crippen LogP contribution in [0.25, 0.3) is 0 Å². The van der Waals surface area contributed by atoms with Gasteiger partial charge < -0.3 is 20.4 Å². The number of methoxy groups -OCH3 is 1. The lowest BCUT2D eigenvalue weighted by molar-refractivity contribution is -0.162. The molecule has 21 heavy (non-hydrogen) atoms. The number of oxime groups is 1. The number of hydrogen-bond acceptors (Lipinski definition) is 4. The summed E-state index contributed by atoms with van der Waals surface area (Å²) < 4.78 is 49.3. The van der Waals surface area contributed by atoms with Gasteiger partial charge in [0, 0.05) is 0 Å². The minimum atomic E-state index is -4.69. The van der Waals surface area contributed by atoms with E-state index in [1.807, 2.05) is 0 Å². The Morgan fingerprint density at radius 3 is 2.33 bits per heavy atom. The number of nitrogens with two attached hydrogens (primary N) is 1. The molecule has 10 heteroatoms. The maximum Gasteiger partial charge on any atom is 0.402 e. The fourth-order valence-corrected chi connectivity index (χ4v) is 2.29. The first-order valence-electron chi connectivity index (χ1n) is 5.40. The Balaban J connectivity index is 2.94. The van der Waals surface area contributed by atoms with Crippen molar-refractivity contribution in [1.82, 2.24) is 0 Å². The van der Waals surface area contributed by atoms with Crippen LogP contribution >= 0.6 is 31.9 Å². The number of nitrogens with zero attached hydrogens (tertiary/aromatic N) is 1. The highest BCUT2D eigenvalue weighted by Crippen LogP contribution is 2.37. The molecule has 118 valence electrons. The Morgan fingerprint density at radius 2 is 1.86 bits per heavy atom. The number of ether oxygens (including phenoxy) is 2. The van der Waals surface area contributed by atoms with Crippen LogP contribution < -0.4 is 15.2 Å². The summed E-state index contributed by atoms with van der Waals surface area (Å²) in [6.45, 7) is -0.823. The van der Waals surface area contributed by atoms with E-state index in [2.05, 4.69) is 37.0 Å². The van der Waals surface area contributed by atoms with Gasteiger partial charge in [-0.3, -0.25) is 0 Å². The summed E-state index contributed by atoms with van der Waals surface area (Å²) in [5.41, 5.74) is 5.04. The van der Waals surface area contributed by atoms with Crippen LogP contribution in [0.4, 0.5) is 13.2 Å². The van der Waals surface area contributed by atoms with E-state index in [1.165, 1.54) is 19.2 Å². The maximum absolute atomic E-state index is 12.8. The summed E-state index contributed by atoms with van der Waals surface area (Å²) in [7, 11) is 1.45. The Hall–Kier alpha value is -1.16. The molecule has 1 aromatic carbocycles. The second-order valence-electron chi connectivity index (χ2n) is 3.85. The number of benzene rings is 1. The average molecular weight is 436 g/mol. The van der Waals surface area contributed by atoms with Gasteiger partial charge in [-0.25, -0.2) is 0 Å². The van der Waals surface area contributed by atoms with Crippen LogP contribution in [-0.4, -0.2) is 30.9 Å². The smallest absolute Gasteiger partial charge is 0.402 e. The van der Waals surface area contributed by atoms with Crippen molar-refractivity contribution in [3.63, 3.8) is 0 Å². The monoisotopic (exact) mass is 434 g/mol. The zero-order valence-corrected chi connectivity index (χ0v) is 13.8. The van der Waals surface area contributed by atoms with E-state index in [0.717, 1.165) is 0 Å². The van der Waals surface area contributed by atoms with Crippen molar-refractivity contribution >= 4 is 37.7 Å². The molecule has 1 aromatic rings. The lowest BCUT2D eigenvalue weighted by Gasteiger charge is -2.20. The van der Waals surface area contributed by atoms with Gasteiger partial charge in [-0.2, -0.15) is 13.2 Å². The summed E-state index contributed by atoms with van der Waals surface area (Å²) in [5.74, 6) is -2.54. The molecule has 0 aliphatic rings. The van der Waals surface area contributed by atoms with Crippen molar-refractivity contribution in [2.24, 2.45) is 16.8 Å². The zero-order chi connectivity index (χ0) is 16.2. The van der Waals surface area contributed by atoms with Gasteiger partial charge >= 0.3 is 6.18 Å². The molecule has 0 fully saturated rings. The zero-order valence-electron chi connectivity index (χ0n) is 10.6. The lowest BCUT2D eigenvalue weighted by Crippen LogP contribution is -2.40. The van der Waals surface area contributed by atoms with Gasteiger partial charge in [0.05, 0.1) is 16.1 Å². The van der Waals surface area contributed by atoms with Gasteiger partial charge in [0.15, 0.2) is 5.84 Å². The summed E-state index contributed by atoms with van der Waals surface area (Å²) in [5, 5.41) is 10.8. The molecule has 0 aliphatic heterocycles. The van der Waals surface area contributed by atoms with E-state index in [4.69, 9.17) is 20.4 Å². The molecule has 0 aliphatic carbocycles. The fourth-order valence-electron chi connectivity index (χ4n) is 1.37. The molecule has 1 rings (SSSR count). The number of amidine groups is 1. The largest absolute Gasteiger partial charge is 0.496 e. The van der Waals surface area contributed by atoms with E-state index in [1.54, 1.807) is 0 Å². The quantitative estimate of drug-likeness (QED) is 0.321. The van der Waals surface area contributed by atoms with Crippen LogP contribution in [0.1, 0.15) is 0 Å². The van der Waals surface area contributed by atoms with E-state index >= 15 is 0 Å². The molecule has 5 nitrogen and oxygen atoms in total. The highest BCUT2D eigenvalue weighted by Gasteiger charge is 2.43. The number of rotatable bonds is 5. The first-order valence-corrected chi connectivity index (χ1v) is 6.99. The van der Waals surface area contributed by atoms with Gasteiger partial charge in [-0.1, -0.05) is 5.16 Å². The van der Waals surface area contributed by atoms with Gasteiger partial charge in [0.25, 0.3) is 0 Å². The van der Waals surface area contributed by atoms with Crippen LogP contribution in [0, 0.1) is 5.92 Å². The predicted octanol–water partition coefficient (Wildman–Crippen LogP) is 3.52. The molecule has 0 amide bonds. The van der Waals surface area contributed by atoms with Crippen LogP contribution in [0.3, 0.4) is 0 Å². The van der Waals surface area contributed by atoms with Gasteiger partial charge in [0.2, 0.25) is 0 Å². The third-order valence-electron chi connectivity index (χ3n) is 2.48. The molecule has 0 radical (unpaired) electrons. The minimum Gasteiger partial charge on any atom is -0.496 e. The highest BCUT2D eigenvalue weighted by atomic mass is 79.9. The normalized spacial score (nSPS) is 13.9. The molecule has 0 bridgehead atoms. The lowest BCUT2D eigenvalue weighted by atomic mass is 10.1. The van der Waals surface area contributed by atoms with Crippen LogP contribution in [-0.2, 0) is 0 Å². The number of alkyl halides is 3. The van der Waals surface area contributed by atoms with E-state index in [9.17, 15) is 13.2 Å². The molecule has 1 atom stereocenters. The molecule has 3 N–H and O–H groups in total. The van der Waals surface area contributed by atoms with Gasteiger partial charge in [0.1, 0.15) is 24.0 Å². The standard InChI is InChI=1S/C11H11Br2F3N2O3/c1-20-8-2-7(13)9(3-6(8)12)21-4-5(10(17)18-19)11(14,15)16/h2-3,5,19H,4H2,1H3,(H2,17,18). The van der Waals surface area contributed by atoms with Crippen molar-refractivity contribution < 1.29 is 27.9 Å². The van der Waals surface area contributed by atoms with Crippen molar-refractivity contribution in [2.75, 3.05) is 13.7 Å². The molecule has 0 spiro atoms. The third-order valence-corrected chi connectivity index (χ3v) is 3.72. The minimum absolute atomic E-state index is 0.155. The summed E-state index contributed by atoms with van der Waals surface area (Å²) >= 11 is 6.35. The second-order valence-corrected chi connectivity index (χ2v) is 5.56. The average Bonchev–Trinajstić information content (AvgIpc) is 2.40. The molecular weight excluding hydrogens is 425 g/mol. The second kappa shape index (κ2) is 7.21. The van der Waals surface area contributed by atoms with Crippen molar-refractivity contribution in [1.29, 1.82) is 0 Å². The van der Waals surface area contributed by atoms with E-state index in [0.29, 0.717) is 14.7 Å². The van der Waals surface area contributed by atoms with E-state index < -0.39 is 24.5 Å². The van der Waals surface area contributed by atoms with Gasteiger partial charge in [-0.15, -0.1) is 0 Å². The Kier molecular flexibility index (Phi) is 6.14.